The lowest BCUT2D eigenvalue weighted by Gasteiger charge is -2.29. The Morgan fingerprint density at radius 3 is 2.59 bits per heavy atom. The van der Waals surface area contributed by atoms with Crippen LogP contribution in [0.15, 0.2) is 54.6 Å². The minimum atomic E-state index is -0.0862. The fourth-order valence-corrected chi connectivity index (χ4v) is 3.73. The summed E-state index contributed by atoms with van der Waals surface area (Å²) in [6.07, 6.45) is 7.49. The number of hydrogen-bond donors (Lipinski definition) is 1. The number of nitrogens with zero attached hydrogens (tertiary/aromatic N) is 1. The molecule has 29 heavy (non-hydrogen) atoms. The first-order valence-corrected chi connectivity index (χ1v) is 9.91. The second kappa shape index (κ2) is 10.3. The summed E-state index contributed by atoms with van der Waals surface area (Å²) in [5, 5.41) is 11.7. The molecule has 1 aliphatic carbocycles. The molecule has 2 aromatic rings. The van der Waals surface area contributed by atoms with E-state index in [0.717, 1.165) is 31.2 Å². The van der Waals surface area contributed by atoms with E-state index in [1.807, 2.05) is 18.2 Å². The molecule has 2 aromatic carbocycles. The first-order valence-electron chi connectivity index (χ1n) is 9.91. The molecule has 3 rings (SSSR count). The zero-order valence-corrected chi connectivity index (χ0v) is 16.6. The molecule has 1 saturated carbocycles. The number of amides is 1. The Morgan fingerprint density at radius 1 is 1.14 bits per heavy atom. The molecule has 0 aromatic heterocycles. The van der Waals surface area contributed by atoms with Gasteiger partial charge in [-0.3, -0.25) is 4.79 Å². The second-order valence-corrected chi connectivity index (χ2v) is 7.16. The smallest absolute Gasteiger partial charge is 0.244 e. The van der Waals surface area contributed by atoms with E-state index in [-0.39, 0.29) is 18.6 Å². The normalized spacial score (nSPS) is 18.8. The molecule has 150 valence electrons. The van der Waals surface area contributed by atoms with Gasteiger partial charge in [0, 0.05) is 12.1 Å². The third-order valence-electron chi connectivity index (χ3n) is 5.25. The highest BCUT2D eigenvalue weighted by atomic mass is 16.5. The predicted octanol–water partition coefficient (Wildman–Crippen LogP) is 4.45. The summed E-state index contributed by atoms with van der Waals surface area (Å²) in [6.45, 7) is -0.0412. The van der Waals surface area contributed by atoms with Crippen molar-refractivity contribution >= 4 is 12.0 Å². The molecule has 0 saturated heterocycles. The first-order chi connectivity index (χ1) is 14.2. The Labute approximate surface area is 172 Å². The van der Waals surface area contributed by atoms with Crippen LogP contribution in [0.5, 0.6) is 11.5 Å². The van der Waals surface area contributed by atoms with Gasteiger partial charge in [-0.1, -0.05) is 36.4 Å². The molecule has 0 unspecified atom stereocenters. The Hall–Kier alpha value is -3.26. The van der Waals surface area contributed by atoms with Gasteiger partial charge in [0.1, 0.15) is 6.07 Å². The number of carbonyl (C=O) groups is 1. The van der Waals surface area contributed by atoms with E-state index in [0.29, 0.717) is 17.4 Å². The summed E-state index contributed by atoms with van der Waals surface area (Å²) in [7, 11) is 1.54. The van der Waals surface area contributed by atoms with Crippen molar-refractivity contribution in [3.8, 4) is 17.6 Å². The largest absolute Gasteiger partial charge is 0.493 e. The lowest BCUT2D eigenvalue weighted by atomic mass is 9.82. The molecule has 1 amide bonds. The molecule has 1 fully saturated rings. The van der Waals surface area contributed by atoms with Crippen molar-refractivity contribution < 1.29 is 14.3 Å². The molecule has 1 aliphatic rings. The standard InChI is InChI=1S/C24H26N2O3/c1-28-23-17-18(7-13-22(23)29-16-15-25)8-14-24(27)26-21-11-9-20(10-12-21)19-5-3-2-4-6-19/h2-8,13-14,17,20-21H,9-12,16H2,1H3,(H,26,27)/b14-8+. The number of methoxy groups -OCH3 is 1. The molecule has 5 nitrogen and oxygen atoms in total. The Morgan fingerprint density at radius 2 is 1.90 bits per heavy atom. The van der Waals surface area contributed by atoms with Gasteiger partial charge in [-0.15, -0.1) is 0 Å². The molecule has 1 N–H and O–H groups in total. The summed E-state index contributed by atoms with van der Waals surface area (Å²) >= 11 is 0. The number of carbonyl (C=O) groups excluding carboxylic acids is 1. The number of nitrogens with one attached hydrogen (secondary N) is 1. The highest BCUT2D eigenvalue weighted by Crippen LogP contribution is 2.32. The fourth-order valence-electron chi connectivity index (χ4n) is 3.73. The van der Waals surface area contributed by atoms with Crippen molar-refractivity contribution in [1.82, 2.24) is 5.32 Å². The van der Waals surface area contributed by atoms with Crippen molar-refractivity contribution in [2.75, 3.05) is 13.7 Å². The molecular formula is C24H26N2O3. The van der Waals surface area contributed by atoms with Crippen molar-refractivity contribution in [1.29, 1.82) is 5.26 Å². The summed E-state index contributed by atoms with van der Waals surface area (Å²) in [5.41, 5.74) is 2.22. The SMILES string of the molecule is COc1cc(/C=C/C(=O)NC2CCC(c3ccccc3)CC2)ccc1OCC#N. The molecule has 5 heteroatoms. The summed E-state index contributed by atoms with van der Waals surface area (Å²) in [5.74, 6) is 1.54. The van der Waals surface area contributed by atoms with Crippen molar-refractivity contribution in [2.24, 2.45) is 0 Å². The van der Waals surface area contributed by atoms with Gasteiger partial charge in [-0.25, -0.2) is 0 Å². The lowest BCUT2D eigenvalue weighted by molar-refractivity contribution is -0.117. The Bertz CT molecular complexity index is 879. The molecule has 0 bridgehead atoms. The van der Waals surface area contributed by atoms with Crippen molar-refractivity contribution in [2.45, 2.75) is 37.6 Å². The lowest BCUT2D eigenvalue weighted by Crippen LogP contribution is -2.36. The maximum Gasteiger partial charge on any atom is 0.244 e. The molecule has 0 radical (unpaired) electrons. The molecule has 0 spiro atoms. The number of rotatable bonds is 7. The minimum absolute atomic E-state index is 0.0412. The topological polar surface area (TPSA) is 71.3 Å². The van der Waals surface area contributed by atoms with Crippen LogP contribution in [0.3, 0.4) is 0 Å². The summed E-state index contributed by atoms with van der Waals surface area (Å²) in [6, 6.07) is 18.1. The number of benzene rings is 2. The summed E-state index contributed by atoms with van der Waals surface area (Å²) in [4.78, 5) is 12.3. The van der Waals surface area contributed by atoms with Crippen LogP contribution in [-0.4, -0.2) is 25.7 Å². The average molecular weight is 390 g/mol. The average Bonchev–Trinajstić information content (AvgIpc) is 2.77. The van der Waals surface area contributed by atoms with Gasteiger partial charge in [0.15, 0.2) is 18.1 Å². The van der Waals surface area contributed by atoms with Crippen molar-refractivity contribution in [3.05, 3.63) is 65.7 Å². The van der Waals surface area contributed by atoms with Gasteiger partial charge in [-0.05, 0) is 60.9 Å². The predicted molar refractivity (Wildman–Crippen MR) is 113 cm³/mol. The number of hydrogen-bond acceptors (Lipinski definition) is 4. The number of ether oxygens (including phenoxy) is 2. The van der Waals surface area contributed by atoms with E-state index in [9.17, 15) is 4.79 Å². The Kier molecular flexibility index (Phi) is 7.29. The van der Waals surface area contributed by atoms with E-state index in [1.54, 1.807) is 31.4 Å². The molecule has 0 aliphatic heterocycles. The highest BCUT2D eigenvalue weighted by Gasteiger charge is 2.22. The monoisotopic (exact) mass is 390 g/mol. The van der Waals surface area contributed by atoms with E-state index in [1.165, 1.54) is 5.56 Å². The highest BCUT2D eigenvalue weighted by molar-refractivity contribution is 5.92. The quantitative estimate of drug-likeness (QED) is 0.709. The van der Waals surface area contributed by atoms with Crippen LogP contribution in [0.1, 0.15) is 42.7 Å². The van der Waals surface area contributed by atoms with E-state index in [4.69, 9.17) is 14.7 Å². The first kappa shape index (κ1) is 20.5. The van der Waals surface area contributed by atoms with Gasteiger partial charge in [0.05, 0.1) is 7.11 Å². The maximum absolute atomic E-state index is 12.3. The molecular weight excluding hydrogens is 364 g/mol. The van der Waals surface area contributed by atoms with Gasteiger partial charge >= 0.3 is 0 Å². The Balaban J connectivity index is 1.51. The molecule has 0 heterocycles. The van der Waals surface area contributed by atoms with Gasteiger partial charge < -0.3 is 14.8 Å². The van der Waals surface area contributed by atoms with E-state index < -0.39 is 0 Å². The van der Waals surface area contributed by atoms with Gasteiger partial charge in [0.2, 0.25) is 5.91 Å². The third kappa shape index (κ3) is 5.86. The fraction of sp³-hybridized carbons (Fsp3) is 0.333. The van der Waals surface area contributed by atoms with Crippen LogP contribution in [-0.2, 0) is 4.79 Å². The van der Waals surface area contributed by atoms with Crippen molar-refractivity contribution in [3.63, 3.8) is 0 Å². The maximum atomic E-state index is 12.3. The van der Waals surface area contributed by atoms with Gasteiger partial charge in [-0.2, -0.15) is 5.26 Å². The van der Waals surface area contributed by atoms with Crippen LogP contribution >= 0.6 is 0 Å². The van der Waals surface area contributed by atoms with Crippen LogP contribution < -0.4 is 14.8 Å². The van der Waals surface area contributed by atoms with E-state index >= 15 is 0 Å². The third-order valence-corrected chi connectivity index (χ3v) is 5.25. The number of nitriles is 1. The van der Waals surface area contributed by atoms with Crippen LogP contribution in [0.4, 0.5) is 0 Å². The van der Waals surface area contributed by atoms with Gasteiger partial charge in [0.25, 0.3) is 0 Å². The second-order valence-electron chi connectivity index (χ2n) is 7.16. The van der Waals surface area contributed by atoms with E-state index in [2.05, 4.69) is 29.6 Å². The zero-order valence-electron chi connectivity index (χ0n) is 16.6. The van der Waals surface area contributed by atoms with Crippen LogP contribution in [0.25, 0.3) is 6.08 Å². The summed E-state index contributed by atoms with van der Waals surface area (Å²) < 4.78 is 10.6. The molecule has 0 atom stereocenters. The van der Waals surface area contributed by atoms with Crippen LogP contribution in [0.2, 0.25) is 0 Å². The minimum Gasteiger partial charge on any atom is -0.493 e. The zero-order chi connectivity index (χ0) is 20.5. The van der Waals surface area contributed by atoms with Crippen LogP contribution in [0, 0.1) is 11.3 Å².